The van der Waals surface area contributed by atoms with Gasteiger partial charge in [-0.25, -0.2) is 4.68 Å². The van der Waals surface area contributed by atoms with Crippen molar-refractivity contribution in [3.63, 3.8) is 0 Å². The van der Waals surface area contributed by atoms with Gasteiger partial charge >= 0.3 is 0 Å². The number of benzene rings is 1. The Morgan fingerprint density at radius 3 is 3.00 bits per heavy atom. The zero-order chi connectivity index (χ0) is 17.8. The average Bonchev–Trinajstić information content (AvgIpc) is 3.19. The van der Waals surface area contributed by atoms with E-state index < -0.39 is 0 Å². The summed E-state index contributed by atoms with van der Waals surface area (Å²) in [5, 5.41) is 10.8. The molecule has 1 aromatic carbocycles. The summed E-state index contributed by atoms with van der Waals surface area (Å²) in [5.74, 6) is 0.866. The summed E-state index contributed by atoms with van der Waals surface area (Å²) in [5.41, 5.74) is 2.84. The van der Waals surface area contributed by atoms with Crippen molar-refractivity contribution in [3.05, 3.63) is 35.7 Å². The van der Waals surface area contributed by atoms with E-state index in [0.29, 0.717) is 26.3 Å². The number of tetrazole rings is 1. The molecule has 1 saturated heterocycles. The largest absolute Gasteiger partial charge is 0.491 e. The predicted molar refractivity (Wildman–Crippen MR) is 92.7 cm³/mol. The van der Waals surface area contributed by atoms with Gasteiger partial charge in [-0.1, -0.05) is 6.07 Å². The minimum Gasteiger partial charge on any atom is -0.491 e. The van der Waals surface area contributed by atoms with Gasteiger partial charge in [0.2, 0.25) is 5.91 Å². The van der Waals surface area contributed by atoms with Crippen LogP contribution in [0.1, 0.15) is 24.0 Å². The van der Waals surface area contributed by atoms with Crippen molar-refractivity contribution in [2.24, 2.45) is 0 Å². The zero-order valence-corrected chi connectivity index (χ0v) is 14.7. The number of carbonyl (C=O) groups excluding carboxylic acids is 1. The van der Waals surface area contributed by atoms with Crippen molar-refractivity contribution in [2.45, 2.75) is 38.3 Å². The highest BCUT2D eigenvalue weighted by Gasteiger charge is 2.25. The van der Waals surface area contributed by atoms with E-state index in [2.05, 4.69) is 27.7 Å². The van der Waals surface area contributed by atoms with E-state index >= 15 is 0 Å². The Balaban J connectivity index is 1.30. The van der Waals surface area contributed by atoms with Crippen LogP contribution in [0, 0.1) is 0 Å². The highest BCUT2D eigenvalue weighted by atomic mass is 16.5. The van der Waals surface area contributed by atoms with E-state index in [1.807, 2.05) is 6.07 Å². The first kappa shape index (κ1) is 17.0. The van der Waals surface area contributed by atoms with Crippen LogP contribution in [0.25, 0.3) is 0 Å². The highest BCUT2D eigenvalue weighted by Crippen LogP contribution is 2.25. The van der Waals surface area contributed by atoms with Gasteiger partial charge in [-0.05, 0) is 59.4 Å². The molecule has 1 fully saturated rings. The molecule has 2 aromatic rings. The number of fused-ring (bicyclic) bond motifs is 1. The maximum atomic E-state index is 12.4. The lowest BCUT2D eigenvalue weighted by atomic mass is 9.92. The number of hydrogen-bond donors (Lipinski definition) is 0. The predicted octanol–water partition coefficient (Wildman–Crippen LogP) is 0.858. The fourth-order valence-corrected chi connectivity index (χ4v) is 3.53. The van der Waals surface area contributed by atoms with Gasteiger partial charge in [-0.2, -0.15) is 0 Å². The summed E-state index contributed by atoms with van der Waals surface area (Å²) < 4.78 is 13.1. The number of aryl methyl sites for hydroxylation is 2. The first-order chi connectivity index (χ1) is 12.8. The van der Waals surface area contributed by atoms with Crippen molar-refractivity contribution >= 4 is 5.91 Å². The van der Waals surface area contributed by atoms with E-state index in [0.717, 1.165) is 12.2 Å². The molecule has 8 nitrogen and oxygen atoms in total. The highest BCUT2D eigenvalue weighted by molar-refractivity contribution is 5.76. The fraction of sp³-hybridized carbons (Fsp3) is 0.556. The van der Waals surface area contributed by atoms with Crippen LogP contribution >= 0.6 is 0 Å². The number of aromatic nitrogens is 4. The number of carbonyl (C=O) groups is 1. The number of amides is 1. The molecule has 8 heteroatoms. The SMILES string of the molecule is O=C(Cn1cnnn1)N1CCOC(COc2ccc3c(c2)CCCC3)C1. The molecular formula is C18H23N5O3. The second-order valence-corrected chi connectivity index (χ2v) is 6.79. The van der Waals surface area contributed by atoms with Gasteiger partial charge in [0.15, 0.2) is 0 Å². The Kier molecular flexibility index (Phi) is 5.10. The zero-order valence-electron chi connectivity index (χ0n) is 14.7. The molecule has 2 heterocycles. The molecule has 26 heavy (non-hydrogen) atoms. The monoisotopic (exact) mass is 357 g/mol. The van der Waals surface area contributed by atoms with Crippen molar-refractivity contribution < 1.29 is 14.3 Å². The molecule has 4 rings (SSSR count). The van der Waals surface area contributed by atoms with Crippen LogP contribution in [0.15, 0.2) is 24.5 Å². The molecule has 0 radical (unpaired) electrons. The van der Waals surface area contributed by atoms with Crippen molar-refractivity contribution in [3.8, 4) is 5.75 Å². The molecule has 138 valence electrons. The maximum absolute atomic E-state index is 12.4. The summed E-state index contributed by atoms with van der Waals surface area (Å²) in [4.78, 5) is 14.1. The quantitative estimate of drug-likeness (QED) is 0.789. The molecule has 1 aromatic heterocycles. The lowest BCUT2D eigenvalue weighted by Gasteiger charge is -2.32. The van der Waals surface area contributed by atoms with E-state index in [1.54, 1.807) is 4.90 Å². The van der Waals surface area contributed by atoms with E-state index in [9.17, 15) is 4.79 Å². The van der Waals surface area contributed by atoms with Gasteiger partial charge in [0.25, 0.3) is 0 Å². The molecular weight excluding hydrogens is 334 g/mol. The van der Waals surface area contributed by atoms with Crippen molar-refractivity contribution in [1.82, 2.24) is 25.1 Å². The van der Waals surface area contributed by atoms with Crippen LogP contribution < -0.4 is 4.74 Å². The fourth-order valence-electron chi connectivity index (χ4n) is 3.53. The summed E-state index contributed by atoms with van der Waals surface area (Å²) in [6.07, 6.45) is 6.14. The number of ether oxygens (including phenoxy) is 2. The summed E-state index contributed by atoms with van der Waals surface area (Å²) in [6, 6.07) is 6.36. The number of rotatable bonds is 5. The first-order valence-electron chi connectivity index (χ1n) is 9.13. The first-order valence-corrected chi connectivity index (χ1v) is 9.13. The average molecular weight is 357 g/mol. The van der Waals surface area contributed by atoms with Gasteiger partial charge in [-0.15, -0.1) is 5.10 Å². The van der Waals surface area contributed by atoms with Crippen LogP contribution in [-0.2, 0) is 28.9 Å². The van der Waals surface area contributed by atoms with Crippen molar-refractivity contribution in [1.29, 1.82) is 0 Å². The standard InChI is InChI=1S/C18H23N5O3/c24-18(11-23-13-19-20-21-23)22-7-8-25-17(10-22)12-26-16-6-5-14-3-1-2-4-15(14)9-16/h5-6,9,13,17H,1-4,7-8,10-12H2. The molecule has 1 atom stereocenters. The third-order valence-corrected chi connectivity index (χ3v) is 4.94. The minimum absolute atomic E-state index is 0.0145. The Hall–Kier alpha value is -2.48. The van der Waals surface area contributed by atoms with Gasteiger partial charge in [-0.3, -0.25) is 4.79 Å². The molecule has 2 aliphatic rings. The number of hydrogen-bond acceptors (Lipinski definition) is 6. The van der Waals surface area contributed by atoms with Crippen LogP contribution in [0.3, 0.4) is 0 Å². The molecule has 1 aliphatic heterocycles. The maximum Gasteiger partial charge on any atom is 0.244 e. The Morgan fingerprint density at radius 1 is 1.27 bits per heavy atom. The number of nitrogens with zero attached hydrogens (tertiary/aromatic N) is 5. The Labute approximate surface area is 152 Å². The minimum atomic E-state index is -0.127. The normalized spacial score (nSPS) is 19.8. The number of morpholine rings is 1. The Morgan fingerprint density at radius 2 is 2.15 bits per heavy atom. The molecule has 0 N–H and O–H groups in total. The van der Waals surface area contributed by atoms with E-state index in [1.165, 1.54) is 41.4 Å². The topological polar surface area (TPSA) is 82.4 Å². The van der Waals surface area contributed by atoms with Gasteiger partial charge < -0.3 is 14.4 Å². The van der Waals surface area contributed by atoms with Crippen molar-refractivity contribution in [2.75, 3.05) is 26.3 Å². The lowest BCUT2D eigenvalue weighted by Crippen LogP contribution is -2.48. The summed E-state index contributed by atoms with van der Waals surface area (Å²) >= 11 is 0. The second-order valence-electron chi connectivity index (χ2n) is 6.79. The van der Waals surface area contributed by atoms with Crippen LogP contribution in [0.5, 0.6) is 5.75 Å². The lowest BCUT2D eigenvalue weighted by molar-refractivity contribution is -0.140. The van der Waals surface area contributed by atoms with Gasteiger partial charge in [0.1, 0.15) is 31.3 Å². The molecule has 1 aliphatic carbocycles. The molecule has 0 spiro atoms. The molecule has 1 unspecified atom stereocenters. The summed E-state index contributed by atoms with van der Waals surface area (Å²) in [7, 11) is 0. The Bertz CT molecular complexity index is 749. The van der Waals surface area contributed by atoms with Gasteiger partial charge in [0.05, 0.1) is 13.2 Å². The third kappa shape index (κ3) is 4.01. The molecule has 1 amide bonds. The van der Waals surface area contributed by atoms with Crippen LogP contribution in [-0.4, -0.2) is 63.4 Å². The summed E-state index contributed by atoms with van der Waals surface area (Å²) in [6.45, 7) is 2.20. The van der Waals surface area contributed by atoms with Gasteiger partial charge in [0, 0.05) is 6.54 Å². The molecule has 0 bridgehead atoms. The second kappa shape index (κ2) is 7.82. The molecule has 0 saturated carbocycles. The van der Waals surface area contributed by atoms with E-state index in [4.69, 9.17) is 9.47 Å². The third-order valence-electron chi connectivity index (χ3n) is 4.94. The van der Waals surface area contributed by atoms with Crippen LogP contribution in [0.4, 0.5) is 0 Å². The van der Waals surface area contributed by atoms with E-state index in [-0.39, 0.29) is 18.6 Å². The smallest absolute Gasteiger partial charge is 0.244 e. The van der Waals surface area contributed by atoms with Crippen LogP contribution in [0.2, 0.25) is 0 Å².